The summed E-state index contributed by atoms with van der Waals surface area (Å²) in [5.41, 5.74) is 2.31. The number of pyridine rings is 1. The van der Waals surface area contributed by atoms with Crippen molar-refractivity contribution in [2.75, 3.05) is 10.6 Å². The van der Waals surface area contributed by atoms with Crippen LogP contribution in [0.25, 0.3) is 5.65 Å². The van der Waals surface area contributed by atoms with Crippen LogP contribution in [0.4, 0.5) is 16.2 Å². The predicted molar refractivity (Wildman–Crippen MR) is 111 cm³/mol. The van der Waals surface area contributed by atoms with Gasteiger partial charge in [-0.05, 0) is 48.5 Å². The molecule has 0 aliphatic carbocycles. The van der Waals surface area contributed by atoms with E-state index in [0.29, 0.717) is 28.5 Å². The summed E-state index contributed by atoms with van der Waals surface area (Å²) in [5.74, 6) is 0.606. The molecule has 0 aliphatic heterocycles. The Bertz CT molecular complexity index is 1190. The van der Waals surface area contributed by atoms with E-state index in [2.05, 4.69) is 15.6 Å². The van der Waals surface area contributed by atoms with Crippen LogP contribution in [0, 0.1) is 0 Å². The molecule has 2 N–H and O–H groups in total. The van der Waals surface area contributed by atoms with Gasteiger partial charge in [-0.15, -0.1) is 0 Å². The van der Waals surface area contributed by atoms with Gasteiger partial charge in [-0.3, -0.25) is 9.20 Å². The molecule has 4 rings (SSSR count). The molecule has 0 unspecified atom stereocenters. The van der Waals surface area contributed by atoms with Crippen molar-refractivity contribution in [2.45, 2.75) is 6.61 Å². The van der Waals surface area contributed by atoms with Gasteiger partial charge in [0.15, 0.2) is 0 Å². The molecule has 0 bridgehead atoms. The number of anilines is 2. The fraction of sp³-hybridized carbons (Fsp3) is 0.0455. The van der Waals surface area contributed by atoms with Crippen LogP contribution in [0.3, 0.4) is 0 Å². The number of amides is 2. The van der Waals surface area contributed by atoms with Crippen LogP contribution in [-0.4, -0.2) is 15.4 Å². The zero-order valence-electron chi connectivity index (χ0n) is 15.4. The summed E-state index contributed by atoms with van der Waals surface area (Å²) in [5, 5.41) is 5.51. The van der Waals surface area contributed by atoms with E-state index in [1.807, 2.05) is 36.4 Å². The second kappa shape index (κ2) is 8.26. The molecule has 29 heavy (non-hydrogen) atoms. The average Bonchev–Trinajstić information content (AvgIpc) is 2.74. The summed E-state index contributed by atoms with van der Waals surface area (Å²) in [4.78, 5) is 28.6. The molecule has 4 aromatic rings. The molecule has 0 fully saturated rings. The fourth-order valence-corrected chi connectivity index (χ4v) is 2.78. The van der Waals surface area contributed by atoms with E-state index in [1.54, 1.807) is 42.6 Å². The number of carbonyl (C=O) groups excluding carboxylic acids is 1. The van der Waals surface area contributed by atoms with Crippen molar-refractivity contribution >= 4 is 23.1 Å². The maximum Gasteiger partial charge on any atom is 0.323 e. The van der Waals surface area contributed by atoms with Crippen molar-refractivity contribution in [2.24, 2.45) is 0 Å². The molecule has 7 heteroatoms. The quantitative estimate of drug-likeness (QED) is 0.544. The first-order chi connectivity index (χ1) is 14.2. The second-order valence-corrected chi connectivity index (χ2v) is 6.27. The molecule has 2 aromatic heterocycles. The number of hydrogen-bond acceptors (Lipinski definition) is 4. The molecule has 0 atom stereocenters. The lowest BCUT2D eigenvalue weighted by atomic mass is 10.3. The van der Waals surface area contributed by atoms with E-state index in [1.165, 1.54) is 10.5 Å². The molecule has 0 spiro atoms. The van der Waals surface area contributed by atoms with Gasteiger partial charge in [-0.2, -0.15) is 0 Å². The first-order valence-corrected chi connectivity index (χ1v) is 9.01. The molecule has 2 amide bonds. The van der Waals surface area contributed by atoms with E-state index < -0.39 is 0 Å². The molecule has 2 heterocycles. The number of para-hydroxylation sites is 1. The molecule has 0 aliphatic rings. The molecule has 0 saturated heterocycles. The lowest BCUT2D eigenvalue weighted by Crippen LogP contribution is -2.19. The Balaban J connectivity index is 1.36. The Morgan fingerprint density at radius 1 is 0.897 bits per heavy atom. The van der Waals surface area contributed by atoms with Crippen molar-refractivity contribution in [3.8, 4) is 5.75 Å². The SMILES string of the molecule is O=C(Nc1ccccc1)Nc1ccc(OCc2cc(=O)n3ccccc3n2)cc1. The first-order valence-electron chi connectivity index (χ1n) is 9.01. The number of benzene rings is 2. The third-order valence-corrected chi connectivity index (χ3v) is 4.15. The summed E-state index contributed by atoms with van der Waals surface area (Å²) in [6, 6.07) is 22.7. The highest BCUT2D eigenvalue weighted by molar-refractivity contribution is 5.99. The number of rotatable bonds is 5. The van der Waals surface area contributed by atoms with Crippen molar-refractivity contribution in [1.29, 1.82) is 0 Å². The zero-order valence-corrected chi connectivity index (χ0v) is 15.4. The number of ether oxygens (including phenoxy) is 1. The van der Waals surface area contributed by atoms with Gasteiger partial charge in [0, 0.05) is 23.6 Å². The molecule has 0 saturated carbocycles. The van der Waals surface area contributed by atoms with Gasteiger partial charge < -0.3 is 15.4 Å². The fourth-order valence-electron chi connectivity index (χ4n) is 2.78. The Hall–Kier alpha value is -4.13. The van der Waals surface area contributed by atoms with Gasteiger partial charge in [0.05, 0.1) is 5.69 Å². The van der Waals surface area contributed by atoms with Crippen LogP contribution in [0.5, 0.6) is 5.75 Å². The molecule has 2 aromatic carbocycles. The average molecular weight is 386 g/mol. The lowest BCUT2D eigenvalue weighted by molar-refractivity contribution is 0.262. The minimum absolute atomic E-state index is 0.154. The first kappa shape index (κ1) is 18.2. The van der Waals surface area contributed by atoms with E-state index in [4.69, 9.17) is 4.74 Å². The number of nitrogens with zero attached hydrogens (tertiary/aromatic N) is 2. The largest absolute Gasteiger partial charge is 0.487 e. The van der Waals surface area contributed by atoms with Crippen molar-refractivity contribution in [3.05, 3.63) is 101 Å². The summed E-state index contributed by atoms with van der Waals surface area (Å²) in [6.45, 7) is 0.169. The second-order valence-electron chi connectivity index (χ2n) is 6.27. The summed E-state index contributed by atoms with van der Waals surface area (Å²) in [7, 11) is 0. The number of nitrogens with one attached hydrogen (secondary N) is 2. The Kier molecular flexibility index (Phi) is 5.20. The van der Waals surface area contributed by atoms with Gasteiger partial charge in [0.25, 0.3) is 5.56 Å². The van der Waals surface area contributed by atoms with Gasteiger partial charge in [0.1, 0.15) is 18.0 Å². The summed E-state index contributed by atoms with van der Waals surface area (Å²) >= 11 is 0. The molecule has 144 valence electrons. The smallest absolute Gasteiger partial charge is 0.323 e. The number of aromatic nitrogens is 2. The van der Waals surface area contributed by atoms with Crippen LogP contribution in [0.15, 0.2) is 89.9 Å². The standard InChI is InChI=1S/C22H18N4O3/c27-21-14-18(23-20-8-4-5-13-26(20)21)15-29-19-11-9-17(10-12-19)25-22(28)24-16-6-2-1-3-7-16/h1-14H,15H2,(H2,24,25,28). The van der Waals surface area contributed by atoms with Gasteiger partial charge in [-0.25, -0.2) is 9.78 Å². The zero-order chi connectivity index (χ0) is 20.1. The predicted octanol–water partition coefficient (Wildman–Crippen LogP) is 3.92. The monoisotopic (exact) mass is 386 g/mol. The maximum atomic E-state index is 12.1. The molecular weight excluding hydrogens is 368 g/mol. The van der Waals surface area contributed by atoms with E-state index >= 15 is 0 Å². The number of fused-ring (bicyclic) bond motifs is 1. The lowest BCUT2D eigenvalue weighted by Gasteiger charge is -2.09. The minimum Gasteiger partial charge on any atom is -0.487 e. The minimum atomic E-state index is -0.328. The topological polar surface area (TPSA) is 84.7 Å². The number of carbonyl (C=O) groups is 1. The van der Waals surface area contributed by atoms with Crippen molar-refractivity contribution < 1.29 is 9.53 Å². The third-order valence-electron chi connectivity index (χ3n) is 4.15. The van der Waals surface area contributed by atoms with Crippen LogP contribution in [0.1, 0.15) is 5.69 Å². The molecular formula is C22H18N4O3. The van der Waals surface area contributed by atoms with Crippen molar-refractivity contribution in [1.82, 2.24) is 9.38 Å². The van der Waals surface area contributed by atoms with Gasteiger partial charge in [0.2, 0.25) is 0 Å². The summed E-state index contributed by atoms with van der Waals surface area (Å²) in [6.07, 6.45) is 1.68. The number of urea groups is 1. The van der Waals surface area contributed by atoms with Gasteiger partial charge in [-0.1, -0.05) is 24.3 Å². The van der Waals surface area contributed by atoms with Gasteiger partial charge >= 0.3 is 6.03 Å². The number of hydrogen-bond donors (Lipinski definition) is 2. The Morgan fingerprint density at radius 2 is 1.59 bits per heavy atom. The van der Waals surface area contributed by atoms with Crippen LogP contribution >= 0.6 is 0 Å². The van der Waals surface area contributed by atoms with Crippen LogP contribution in [-0.2, 0) is 6.61 Å². The van der Waals surface area contributed by atoms with Crippen molar-refractivity contribution in [3.63, 3.8) is 0 Å². The van der Waals surface area contributed by atoms with E-state index in [0.717, 1.165) is 0 Å². The Labute approximate surface area is 166 Å². The Morgan fingerprint density at radius 3 is 2.34 bits per heavy atom. The van der Waals surface area contributed by atoms with E-state index in [-0.39, 0.29) is 18.2 Å². The van der Waals surface area contributed by atoms with Crippen LogP contribution in [0.2, 0.25) is 0 Å². The van der Waals surface area contributed by atoms with Crippen LogP contribution < -0.4 is 20.9 Å². The highest BCUT2D eigenvalue weighted by Gasteiger charge is 2.05. The highest BCUT2D eigenvalue weighted by Crippen LogP contribution is 2.17. The highest BCUT2D eigenvalue weighted by atomic mass is 16.5. The summed E-state index contributed by atoms with van der Waals surface area (Å²) < 4.78 is 7.19. The maximum absolute atomic E-state index is 12.1. The third kappa shape index (κ3) is 4.59. The molecule has 0 radical (unpaired) electrons. The molecule has 7 nitrogen and oxygen atoms in total. The normalized spacial score (nSPS) is 10.5. The van der Waals surface area contributed by atoms with E-state index in [9.17, 15) is 9.59 Å².